The van der Waals surface area contributed by atoms with E-state index in [-0.39, 0.29) is 37.2 Å². The quantitative estimate of drug-likeness (QED) is 0.550. The minimum absolute atomic E-state index is 0.0258. The van der Waals surface area contributed by atoms with Gasteiger partial charge >= 0.3 is 5.97 Å². The highest BCUT2D eigenvalue weighted by Crippen LogP contribution is 2.23. The number of hydrogen-bond donors (Lipinski definition) is 1. The third kappa shape index (κ3) is 6.61. The molecule has 1 fully saturated rings. The van der Waals surface area contributed by atoms with E-state index in [4.69, 9.17) is 4.74 Å². The molecule has 5 nitrogen and oxygen atoms in total. The van der Waals surface area contributed by atoms with Gasteiger partial charge in [0.1, 0.15) is 0 Å². The van der Waals surface area contributed by atoms with Crippen LogP contribution in [0.4, 0.5) is 0 Å². The Labute approximate surface area is 156 Å². The molecule has 136 valence electrons. The van der Waals surface area contributed by atoms with Crippen LogP contribution in [-0.2, 0) is 14.3 Å². The molecule has 1 aliphatic rings. The van der Waals surface area contributed by atoms with Gasteiger partial charge in [0.2, 0.25) is 0 Å². The van der Waals surface area contributed by atoms with E-state index < -0.39 is 5.97 Å². The van der Waals surface area contributed by atoms with Crippen molar-refractivity contribution in [3.8, 4) is 0 Å². The molecule has 0 aliphatic heterocycles. The molecular formula is C19H24BrNO4. The lowest BCUT2D eigenvalue weighted by Gasteiger charge is -2.29. The summed E-state index contributed by atoms with van der Waals surface area (Å²) in [6.45, 7) is 1.85. The molecule has 0 spiro atoms. The molecule has 2 rings (SSSR count). The number of ketones is 1. The van der Waals surface area contributed by atoms with Crippen LogP contribution in [0, 0.1) is 5.92 Å². The Morgan fingerprint density at radius 3 is 2.48 bits per heavy atom. The summed E-state index contributed by atoms with van der Waals surface area (Å²) in [5, 5.41) is 2.93. The van der Waals surface area contributed by atoms with Crippen LogP contribution in [0.2, 0.25) is 0 Å². The van der Waals surface area contributed by atoms with Gasteiger partial charge in [-0.1, -0.05) is 47.8 Å². The number of carbonyl (C=O) groups excluding carboxylic acids is 3. The lowest BCUT2D eigenvalue weighted by molar-refractivity contribution is -0.148. The number of hydrogen-bond acceptors (Lipinski definition) is 4. The number of Topliss-reactive ketones (excluding diaryl/α,β-unsaturated/α-hetero) is 1. The molecule has 0 aromatic heterocycles. The third-order valence-electron chi connectivity index (χ3n) is 4.54. The topological polar surface area (TPSA) is 72.5 Å². The molecular weight excluding hydrogens is 386 g/mol. The lowest BCUT2D eigenvalue weighted by atomic mass is 9.86. The first-order valence-corrected chi connectivity index (χ1v) is 9.49. The first-order valence-electron chi connectivity index (χ1n) is 8.69. The Balaban J connectivity index is 1.67. The summed E-state index contributed by atoms with van der Waals surface area (Å²) in [4.78, 5) is 35.6. The summed E-state index contributed by atoms with van der Waals surface area (Å²) in [7, 11) is 0. The maximum atomic E-state index is 12.0. The maximum Gasteiger partial charge on any atom is 0.306 e. The smallest absolute Gasteiger partial charge is 0.306 e. The largest absolute Gasteiger partial charge is 0.456 e. The molecule has 0 bridgehead atoms. The van der Waals surface area contributed by atoms with Gasteiger partial charge in [0.15, 0.2) is 12.4 Å². The molecule has 25 heavy (non-hydrogen) atoms. The van der Waals surface area contributed by atoms with Crippen LogP contribution in [-0.4, -0.2) is 30.3 Å². The highest BCUT2D eigenvalue weighted by molar-refractivity contribution is 9.10. The van der Waals surface area contributed by atoms with Gasteiger partial charge in [-0.15, -0.1) is 0 Å². The van der Waals surface area contributed by atoms with Gasteiger partial charge in [0.25, 0.3) is 5.91 Å². The second-order valence-corrected chi connectivity index (χ2v) is 7.44. The Morgan fingerprint density at radius 2 is 1.80 bits per heavy atom. The minimum Gasteiger partial charge on any atom is -0.456 e. The van der Waals surface area contributed by atoms with Crippen LogP contribution in [0.5, 0.6) is 0 Å². The van der Waals surface area contributed by atoms with Gasteiger partial charge in [0, 0.05) is 22.5 Å². The summed E-state index contributed by atoms with van der Waals surface area (Å²) in [6, 6.07) is 7.14. The van der Waals surface area contributed by atoms with Crippen LogP contribution in [0.25, 0.3) is 0 Å². The summed E-state index contributed by atoms with van der Waals surface area (Å²) < 4.78 is 5.87. The van der Waals surface area contributed by atoms with E-state index in [0.717, 1.165) is 23.7 Å². The predicted molar refractivity (Wildman–Crippen MR) is 98.2 cm³/mol. The van der Waals surface area contributed by atoms with Gasteiger partial charge < -0.3 is 10.1 Å². The van der Waals surface area contributed by atoms with E-state index in [1.54, 1.807) is 24.3 Å². The van der Waals surface area contributed by atoms with Gasteiger partial charge in [-0.2, -0.15) is 0 Å². The molecule has 2 atom stereocenters. The van der Waals surface area contributed by atoms with E-state index in [1.807, 2.05) is 0 Å². The molecule has 1 N–H and O–H groups in total. The zero-order chi connectivity index (χ0) is 18.2. The molecule has 1 aromatic carbocycles. The summed E-state index contributed by atoms with van der Waals surface area (Å²) in [5.74, 6) is -0.467. The highest BCUT2D eigenvalue weighted by Gasteiger charge is 2.23. The Hall–Kier alpha value is -1.69. The predicted octanol–water partition coefficient (Wildman–Crippen LogP) is 3.65. The second-order valence-electron chi connectivity index (χ2n) is 6.53. The lowest BCUT2D eigenvalue weighted by Crippen LogP contribution is -2.42. The zero-order valence-corrected chi connectivity index (χ0v) is 16.0. The van der Waals surface area contributed by atoms with E-state index >= 15 is 0 Å². The summed E-state index contributed by atoms with van der Waals surface area (Å²) in [6.07, 6.45) is 4.46. The fraction of sp³-hybridized carbons (Fsp3) is 0.526. The molecule has 1 amide bonds. The van der Waals surface area contributed by atoms with E-state index in [2.05, 4.69) is 28.2 Å². The average molecular weight is 410 g/mol. The first kappa shape index (κ1) is 19.6. The van der Waals surface area contributed by atoms with E-state index in [1.165, 1.54) is 6.42 Å². The highest BCUT2D eigenvalue weighted by atomic mass is 79.9. The normalized spacial score (nSPS) is 19.9. The van der Waals surface area contributed by atoms with Crippen molar-refractivity contribution in [3.05, 3.63) is 34.3 Å². The molecule has 6 heteroatoms. The van der Waals surface area contributed by atoms with Crippen LogP contribution in [0.15, 0.2) is 28.7 Å². The van der Waals surface area contributed by atoms with Crippen LogP contribution >= 0.6 is 15.9 Å². The number of nitrogens with one attached hydrogen (secondary N) is 1. The van der Waals surface area contributed by atoms with Crippen molar-refractivity contribution in [2.24, 2.45) is 5.92 Å². The summed E-state index contributed by atoms with van der Waals surface area (Å²) >= 11 is 3.31. The Bertz CT molecular complexity index is 614. The van der Waals surface area contributed by atoms with Crippen LogP contribution < -0.4 is 5.32 Å². The van der Waals surface area contributed by atoms with Gasteiger partial charge in [0.05, 0.1) is 6.42 Å². The molecule has 0 saturated heterocycles. The van der Waals surface area contributed by atoms with Crippen molar-refractivity contribution in [2.45, 2.75) is 51.5 Å². The van der Waals surface area contributed by atoms with Gasteiger partial charge in [-0.3, -0.25) is 14.4 Å². The van der Waals surface area contributed by atoms with Crippen molar-refractivity contribution in [2.75, 3.05) is 6.61 Å². The number of halogens is 1. The second kappa shape index (κ2) is 9.70. The van der Waals surface area contributed by atoms with Gasteiger partial charge in [-0.25, -0.2) is 0 Å². The Morgan fingerprint density at radius 1 is 1.12 bits per heavy atom. The van der Waals surface area contributed by atoms with Gasteiger partial charge in [-0.05, 0) is 30.9 Å². The fourth-order valence-corrected chi connectivity index (χ4v) is 3.26. The van der Waals surface area contributed by atoms with Crippen LogP contribution in [0.1, 0.15) is 55.8 Å². The molecule has 0 unspecified atom stereocenters. The van der Waals surface area contributed by atoms with E-state index in [0.29, 0.717) is 11.5 Å². The minimum atomic E-state index is -0.530. The number of rotatable bonds is 7. The van der Waals surface area contributed by atoms with Crippen LogP contribution in [0.3, 0.4) is 0 Å². The van der Waals surface area contributed by atoms with Crippen molar-refractivity contribution in [1.29, 1.82) is 0 Å². The molecule has 1 aromatic rings. The molecule has 1 saturated carbocycles. The maximum absolute atomic E-state index is 12.0. The third-order valence-corrected chi connectivity index (χ3v) is 5.07. The number of amides is 1. The van der Waals surface area contributed by atoms with Crippen molar-refractivity contribution in [1.82, 2.24) is 5.32 Å². The van der Waals surface area contributed by atoms with Crippen molar-refractivity contribution in [3.63, 3.8) is 0 Å². The molecule has 0 heterocycles. The SMILES string of the molecule is C[C@H]1CCCC[C@H]1NC(=O)COC(=O)CCC(=O)c1ccc(Br)cc1. The fourth-order valence-electron chi connectivity index (χ4n) is 2.99. The van der Waals surface area contributed by atoms with Crippen molar-refractivity contribution < 1.29 is 19.1 Å². The Kier molecular flexibility index (Phi) is 7.62. The number of ether oxygens (including phenoxy) is 1. The first-order chi connectivity index (χ1) is 12.0. The summed E-state index contributed by atoms with van der Waals surface area (Å²) in [5.41, 5.74) is 0.556. The zero-order valence-electron chi connectivity index (χ0n) is 14.4. The monoisotopic (exact) mass is 409 g/mol. The van der Waals surface area contributed by atoms with E-state index in [9.17, 15) is 14.4 Å². The van der Waals surface area contributed by atoms with Crippen molar-refractivity contribution >= 4 is 33.6 Å². The standard InChI is InChI=1S/C19H24BrNO4/c1-13-4-2-3-5-16(13)21-18(23)12-25-19(24)11-10-17(22)14-6-8-15(20)9-7-14/h6-9,13,16H,2-5,10-12H2,1H3,(H,21,23)/t13-,16+/m0/s1. The number of esters is 1. The number of benzene rings is 1. The molecule has 0 radical (unpaired) electrons. The average Bonchev–Trinajstić information content (AvgIpc) is 2.60. The number of carbonyl (C=O) groups is 3. The molecule has 1 aliphatic carbocycles.